The van der Waals surface area contributed by atoms with Crippen LogP contribution in [-0.2, 0) is 9.53 Å². The fourth-order valence-corrected chi connectivity index (χ4v) is 4.69. The molecule has 2 unspecified atom stereocenters. The standard InChI is InChI=1S/C14H15NO3S2/c1-8-6-15(7-9(8)14(17)18-2)13(16)12-5-11-10(20-12)3-4-19-11/h3-5,8-9H,6-7H2,1-2H3. The number of fused-ring (bicyclic) bond motifs is 1. The van der Waals surface area contributed by atoms with Crippen molar-refractivity contribution >= 4 is 43.9 Å². The minimum Gasteiger partial charge on any atom is -0.469 e. The van der Waals surface area contributed by atoms with Gasteiger partial charge >= 0.3 is 5.97 Å². The van der Waals surface area contributed by atoms with Crippen LogP contribution >= 0.6 is 22.7 Å². The van der Waals surface area contributed by atoms with E-state index in [2.05, 4.69) is 0 Å². The van der Waals surface area contributed by atoms with E-state index in [1.54, 1.807) is 16.2 Å². The molecule has 0 saturated carbocycles. The molecule has 0 spiro atoms. The first-order valence-electron chi connectivity index (χ1n) is 6.44. The summed E-state index contributed by atoms with van der Waals surface area (Å²) in [6.07, 6.45) is 0. The number of amides is 1. The molecule has 2 aromatic heterocycles. The largest absolute Gasteiger partial charge is 0.469 e. The molecule has 0 N–H and O–H groups in total. The SMILES string of the molecule is COC(=O)C1CN(C(=O)c2cc3sccc3s2)CC1C. The second kappa shape index (κ2) is 5.18. The molecule has 106 valence electrons. The van der Waals surface area contributed by atoms with E-state index in [1.807, 2.05) is 24.4 Å². The predicted octanol–water partition coefficient (Wildman–Crippen LogP) is 2.84. The highest BCUT2D eigenvalue weighted by Gasteiger charge is 2.38. The summed E-state index contributed by atoms with van der Waals surface area (Å²) in [5.74, 6) is -0.255. The maximum absolute atomic E-state index is 12.5. The second-order valence-corrected chi connectivity index (χ2v) is 7.11. The van der Waals surface area contributed by atoms with Crippen molar-refractivity contribution in [3.63, 3.8) is 0 Å². The molecule has 4 nitrogen and oxygen atoms in total. The number of nitrogens with zero attached hydrogens (tertiary/aromatic N) is 1. The summed E-state index contributed by atoms with van der Waals surface area (Å²) in [6.45, 7) is 3.06. The Bertz CT molecular complexity index is 632. The van der Waals surface area contributed by atoms with Crippen LogP contribution in [0.1, 0.15) is 16.6 Å². The van der Waals surface area contributed by atoms with Crippen molar-refractivity contribution in [1.29, 1.82) is 0 Å². The van der Waals surface area contributed by atoms with Gasteiger partial charge in [-0.3, -0.25) is 9.59 Å². The van der Waals surface area contributed by atoms with Crippen molar-refractivity contribution in [2.45, 2.75) is 6.92 Å². The van der Waals surface area contributed by atoms with Crippen molar-refractivity contribution in [2.24, 2.45) is 11.8 Å². The number of ether oxygens (including phenoxy) is 1. The van der Waals surface area contributed by atoms with Crippen LogP contribution in [0.4, 0.5) is 0 Å². The van der Waals surface area contributed by atoms with Crippen LogP contribution in [-0.4, -0.2) is 37.0 Å². The van der Waals surface area contributed by atoms with Gasteiger partial charge in [0, 0.05) is 22.5 Å². The van der Waals surface area contributed by atoms with Crippen LogP contribution in [0.2, 0.25) is 0 Å². The molecular weight excluding hydrogens is 294 g/mol. The van der Waals surface area contributed by atoms with E-state index in [-0.39, 0.29) is 23.7 Å². The zero-order valence-electron chi connectivity index (χ0n) is 11.3. The fraction of sp³-hybridized carbons (Fsp3) is 0.429. The van der Waals surface area contributed by atoms with Gasteiger partial charge in [0.05, 0.1) is 17.9 Å². The van der Waals surface area contributed by atoms with Crippen LogP contribution in [0.25, 0.3) is 9.40 Å². The van der Waals surface area contributed by atoms with Crippen LogP contribution in [0.5, 0.6) is 0 Å². The molecule has 6 heteroatoms. The normalized spacial score (nSPS) is 22.4. The molecule has 1 aliphatic rings. The van der Waals surface area contributed by atoms with Gasteiger partial charge in [0.1, 0.15) is 0 Å². The van der Waals surface area contributed by atoms with Crippen LogP contribution in [0.3, 0.4) is 0 Å². The Labute approximate surface area is 125 Å². The predicted molar refractivity (Wildman–Crippen MR) is 80.3 cm³/mol. The van der Waals surface area contributed by atoms with Gasteiger partial charge in [-0.25, -0.2) is 0 Å². The molecule has 0 aliphatic carbocycles. The van der Waals surface area contributed by atoms with Gasteiger partial charge in [0.15, 0.2) is 0 Å². The minimum atomic E-state index is -0.222. The number of methoxy groups -OCH3 is 1. The molecule has 1 amide bonds. The average molecular weight is 309 g/mol. The Morgan fingerprint density at radius 3 is 2.85 bits per heavy atom. The summed E-state index contributed by atoms with van der Waals surface area (Å²) >= 11 is 3.16. The summed E-state index contributed by atoms with van der Waals surface area (Å²) < 4.78 is 7.10. The van der Waals surface area contributed by atoms with E-state index >= 15 is 0 Å². The van der Waals surface area contributed by atoms with Gasteiger partial charge in [0.2, 0.25) is 0 Å². The number of likely N-dealkylation sites (tertiary alicyclic amines) is 1. The van der Waals surface area contributed by atoms with Crippen molar-refractivity contribution in [3.8, 4) is 0 Å². The van der Waals surface area contributed by atoms with Gasteiger partial charge in [-0.1, -0.05) is 6.92 Å². The lowest BCUT2D eigenvalue weighted by atomic mass is 9.99. The first kappa shape index (κ1) is 13.6. The summed E-state index contributed by atoms with van der Waals surface area (Å²) in [7, 11) is 1.40. The lowest BCUT2D eigenvalue weighted by molar-refractivity contribution is -0.145. The number of rotatable bonds is 2. The highest BCUT2D eigenvalue weighted by molar-refractivity contribution is 7.27. The van der Waals surface area contributed by atoms with Crippen LogP contribution in [0.15, 0.2) is 17.5 Å². The summed E-state index contributed by atoms with van der Waals surface area (Å²) in [6, 6.07) is 3.98. The van der Waals surface area contributed by atoms with Crippen LogP contribution < -0.4 is 0 Å². The molecule has 20 heavy (non-hydrogen) atoms. The summed E-state index contributed by atoms with van der Waals surface area (Å²) in [5.41, 5.74) is 0. The van der Waals surface area contributed by atoms with E-state index < -0.39 is 0 Å². The highest BCUT2D eigenvalue weighted by Crippen LogP contribution is 2.32. The second-order valence-electron chi connectivity index (χ2n) is 5.08. The average Bonchev–Trinajstić information content (AvgIpc) is 3.10. The molecule has 1 saturated heterocycles. The quantitative estimate of drug-likeness (QED) is 0.801. The fourth-order valence-electron chi connectivity index (χ4n) is 2.62. The molecule has 2 atom stereocenters. The smallest absolute Gasteiger partial charge is 0.310 e. The third kappa shape index (κ3) is 2.23. The number of carbonyl (C=O) groups is 2. The number of esters is 1. The molecule has 2 aromatic rings. The summed E-state index contributed by atoms with van der Waals surface area (Å²) in [4.78, 5) is 26.7. The van der Waals surface area contributed by atoms with E-state index in [1.165, 1.54) is 18.4 Å². The molecule has 3 rings (SSSR count). The van der Waals surface area contributed by atoms with Gasteiger partial charge in [-0.05, 0) is 23.4 Å². The summed E-state index contributed by atoms with van der Waals surface area (Å²) in [5, 5.41) is 2.03. The zero-order chi connectivity index (χ0) is 14.3. The maximum Gasteiger partial charge on any atom is 0.310 e. The molecular formula is C14H15NO3S2. The minimum absolute atomic E-state index is 0.0247. The molecule has 0 radical (unpaired) electrons. The number of carbonyl (C=O) groups excluding carboxylic acids is 2. The van der Waals surface area contributed by atoms with Crippen molar-refractivity contribution in [2.75, 3.05) is 20.2 Å². The third-order valence-electron chi connectivity index (χ3n) is 3.75. The number of hydrogen-bond acceptors (Lipinski definition) is 5. The molecule has 0 bridgehead atoms. The van der Waals surface area contributed by atoms with Crippen molar-refractivity contribution in [1.82, 2.24) is 4.90 Å². The lowest BCUT2D eigenvalue weighted by Gasteiger charge is -2.14. The Morgan fingerprint density at radius 2 is 2.15 bits per heavy atom. The lowest BCUT2D eigenvalue weighted by Crippen LogP contribution is -2.29. The van der Waals surface area contributed by atoms with Crippen molar-refractivity contribution in [3.05, 3.63) is 22.4 Å². The van der Waals surface area contributed by atoms with Gasteiger partial charge in [-0.15, -0.1) is 22.7 Å². The Morgan fingerprint density at radius 1 is 1.35 bits per heavy atom. The zero-order valence-corrected chi connectivity index (χ0v) is 12.9. The van der Waals surface area contributed by atoms with Crippen LogP contribution in [0, 0.1) is 11.8 Å². The number of hydrogen-bond donors (Lipinski definition) is 0. The Balaban J connectivity index is 1.78. The van der Waals surface area contributed by atoms with E-state index in [0.717, 1.165) is 14.3 Å². The Hall–Kier alpha value is -1.40. The van der Waals surface area contributed by atoms with Gasteiger partial charge in [-0.2, -0.15) is 0 Å². The van der Waals surface area contributed by atoms with Gasteiger partial charge in [0.25, 0.3) is 5.91 Å². The first-order valence-corrected chi connectivity index (χ1v) is 8.14. The van der Waals surface area contributed by atoms with E-state index in [0.29, 0.717) is 13.1 Å². The monoisotopic (exact) mass is 309 g/mol. The topological polar surface area (TPSA) is 46.6 Å². The molecule has 3 heterocycles. The molecule has 1 fully saturated rings. The molecule has 1 aliphatic heterocycles. The Kier molecular flexibility index (Phi) is 3.52. The highest BCUT2D eigenvalue weighted by atomic mass is 32.1. The molecule has 0 aromatic carbocycles. The van der Waals surface area contributed by atoms with Gasteiger partial charge < -0.3 is 9.64 Å². The maximum atomic E-state index is 12.5. The first-order chi connectivity index (χ1) is 9.60. The van der Waals surface area contributed by atoms with E-state index in [9.17, 15) is 9.59 Å². The number of thiophene rings is 2. The third-order valence-corrected chi connectivity index (χ3v) is 5.84. The van der Waals surface area contributed by atoms with Crippen molar-refractivity contribution < 1.29 is 14.3 Å². The van der Waals surface area contributed by atoms with E-state index in [4.69, 9.17) is 4.74 Å².